The van der Waals surface area contributed by atoms with Crippen LogP contribution in [-0.2, 0) is 6.42 Å². The van der Waals surface area contributed by atoms with Crippen LogP contribution in [0.25, 0.3) is 0 Å². The molecule has 1 aromatic heterocycles. The molecular weight excluding hydrogens is 232 g/mol. The average molecular weight is 248 g/mol. The van der Waals surface area contributed by atoms with Crippen LogP contribution in [0, 0.1) is 17.2 Å². The van der Waals surface area contributed by atoms with E-state index in [1.807, 2.05) is 17.0 Å². The first-order valence-electron chi connectivity index (χ1n) is 6.02. The zero-order valence-electron chi connectivity index (χ0n) is 9.98. The molecule has 2 rings (SSSR count). The van der Waals surface area contributed by atoms with Gasteiger partial charge < -0.3 is 4.90 Å². The summed E-state index contributed by atoms with van der Waals surface area (Å²) in [6, 6.07) is 6.23. The number of aryl methyl sites for hydroxylation is 1. The lowest BCUT2D eigenvalue weighted by Gasteiger charge is -2.28. The van der Waals surface area contributed by atoms with Gasteiger partial charge in [-0.05, 0) is 31.4 Å². The normalized spacial score (nSPS) is 16.8. The third-order valence-electron chi connectivity index (χ3n) is 3.19. The van der Waals surface area contributed by atoms with E-state index in [4.69, 9.17) is 5.26 Å². The molecule has 0 aromatic carbocycles. The van der Waals surface area contributed by atoms with E-state index in [1.54, 1.807) is 11.3 Å². The minimum absolute atomic E-state index is 0.131. The molecule has 1 fully saturated rings. The van der Waals surface area contributed by atoms with Crippen molar-refractivity contribution >= 4 is 17.2 Å². The van der Waals surface area contributed by atoms with Crippen LogP contribution < -0.4 is 0 Å². The summed E-state index contributed by atoms with van der Waals surface area (Å²) in [5.74, 6) is 0.264. The summed E-state index contributed by atoms with van der Waals surface area (Å²) in [6.45, 7) is 3.53. The van der Waals surface area contributed by atoms with Crippen LogP contribution in [0.5, 0.6) is 0 Å². The lowest BCUT2D eigenvalue weighted by atomic mass is 9.98. The first-order valence-corrected chi connectivity index (χ1v) is 6.84. The van der Waals surface area contributed by atoms with Gasteiger partial charge in [-0.1, -0.05) is 6.92 Å². The molecule has 2 heterocycles. The number of hydrogen-bond donors (Lipinski definition) is 0. The monoisotopic (exact) mass is 248 g/mol. The number of amides is 1. The molecule has 0 N–H and O–H groups in total. The first kappa shape index (κ1) is 12.1. The summed E-state index contributed by atoms with van der Waals surface area (Å²) in [4.78, 5) is 16.1. The smallest absolute Gasteiger partial charge is 0.263 e. The molecule has 4 heteroatoms. The van der Waals surface area contributed by atoms with E-state index in [1.165, 1.54) is 4.88 Å². The zero-order valence-corrected chi connectivity index (χ0v) is 10.8. The summed E-state index contributed by atoms with van der Waals surface area (Å²) in [6.07, 6.45) is 2.61. The van der Waals surface area contributed by atoms with Crippen LogP contribution in [0.3, 0.4) is 0 Å². The number of carbonyl (C=O) groups excluding carboxylic acids is 1. The van der Waals surface area contributed by atoms with E-state index in [0.717, 1.165) is 37.2 Å². The molecule has 0 unspecified atom stereocenters. The highest BCUT2D eigenvalue weighted by molar-refractivity contribution is 7.14. The van der Waals surface area contributed by atoms with E-state index >= 15 is 0 Å². The third kappa shape index (κ3) is 2.67. The quantitative estimate of drug-likeness (QED) is 0.807. The van der Waals surface area contributed by atoms with Crippen LogP contribution in [0.2, 0.25) is 0 Å². The molecular formula is C13H16N2OS. The Bertz CT molecular complexity index is 439. The summed E-state index contributed by atoms with van der Waals surface area (Å²) in [7, 11) is 0. The molecule has 1 aromatic rings. The van der Waals surface area contributed by atoms with Crippen LogP contribution >= 0.6 is 11.3 Å². The molecule has 1 saturated heterocycles. The highest BCUT2D eigenvalue weighted by atomic mass is 32.1. The highest BCUT2D eigenvalue weighted by Crippen LogP contribution is 2.22. The lowest BCUT2D eigenvalue weighted by molar-refractivity contribution is 0.0712. The van der Waals surface area contributed by atoms with Crippen LogP contribution in [-0.4, -0.2) is 23.9 Å². The van der Waals surface area contributed by atoms with Gasteiger partial charge >= 0.3 is 0 Å². The topological polar surface area (TPSA) is 44.1 Å². The second-order valence-electron chi connectivity index (χ2n) is 4.32. The van der Waals surface area contributed by atoms with Gasteiger partial charge in [0.05, 0.1) is 10.9 Å². The van der Waals surface area contributed by atoms with E-state index < -0.39 is 0 Å². The van der Waals surface area contributed by atoms with Crippen LogP contribution in [0.15, 0.2) is 12.1 Å². The molecule has 0 atom stereocenters. The summed E-state index contributed by atoms with van der Waals surface area (Å²) in [5, 5.41) is 8.82. The second-order valence-corrected chi connectivity index (χ2v) is 5.48. The van der Waals surface area contributed by atoms with Crippen molar-refractivity contribution in [2.45, 2.75) is 26.2 Å². The fourth-order valence-electron chi connectivity index (χ4n) is 2.05. The Morgan fingerprint density at radius 3 is 2.76 bits per heavy atom. The molecule has 17 heavy (non-hydrogen) atoms. The molecule has 3 nitrogen and oxygen atoms in total. The Balaban J connectivity index is 1.99. The Kier molecular flexibility index (Phi) is 3.80. The SMILES string of the molecule is CCc1ccc(C(=O)N2CCC(C#N)CC2)s1. The van der Waals surface area contributed by atoms with Crippen molar-refractivity contribution in [1.82, 2.24) is 4.90 Å². The third-order valence-corrected chi connectivity index (χ3v) is 4.40. The molecule has 0 saturated carbocycles. The Labute approximate surface area is 106 Å². The Hall–Kier alpha value is -1.34. The molecule has 0 bridgehead atoms. The van der Waals surface area contributed by atoms with E-state index in [-0.39, 0.29) is 11.8 Å². The number of rotatable bonds is 2. The molecule has 0 radical (unpaired) electrons. The Morgan fingerprint density at radius 1 is 1.53 bits per heavy atom. The second kappa shape index (κ2) is 5.33. The molecule has 1 aliphatic heterocycles. The molecule has 1 amide bonds. The van der Waals surface area contributed by atoms with E-state index in [0.29, 0.717) is 0 Å². The van der Waals surface area contributed by atoms with Crippen molar-refractivity contribution in [3.63, 3.8) is 0 Å². The number of hydrogen-bond acceptors (Lipinski definition) is 3. The van der Waals surface area contributed by atoms with E-state index in [9.17, 15) is 4.79 Å². The number of nitriles is 1. The van der Waals surface area contributed by atoms with Crippen molar-refractivity contribution in [3.05, 3.63) is 21.9 Å². The minimum Gasteiger partial charge on any atom is -0.338 e. The van der Waals surface area contributed by atoms with Gasteiger partial charge in [-0.3, -0.25) is 4.79 Å². The van der Waals surface area contributed by atoms with Crippen LogP contribution in [0.1, 0.15) is 34.3 Å². The lowest BCUT2D eigenvalue weighted by Crippen LogP contribution is -2.37. The first-order chi connectivity index (χ1) is 8.24. The molecule has 0 aliphatic carbocycles. The summed E-state index contributed by atoms with van der Waals surface area (Å²) < 4.78 is 0. The van der Waals surface area contributed by atoms with E-state index in [2.05, 4.69) is 13.0 Å². The molecule has 1 aliphatic rings. The van der Waals surface area contributed by atoms with Crippen LogP contribution in [0.4, 0.5) is 0 Å². The van der Waals surface area contributed by atoms with Gasteiger partial charge in [0.15, 0.2) is 0 Å². The van der Waals surface area contributed by atoms with Gasteiger partial charge in [0.2, 0.25) is 0 Å². The summed E-state index contributed by atoms with van der Waals surface area (Å²) >= 11 is 1.58. The van der Waals surface area contributed by atoms with Gasteiger partial charge in [0.1, 0.15) is 0 Å². The predicted octanol–water partition coefficient (Wildman–Crippen LogP) is 2.69. The van der Waals surface area contributed by atoms with Crippen molar-refractivity contribution in [1.29, 1.82) is 5.26 Å². The standard InChI is InChI=1S/C13H16N2OS/c1-2-11-3-4-12(17-11)13(16)15-7-5-10(9-14)6-8-15/h3-4,10H,2,5-8H2,1H3. The van der Waals surface area contributed by atoms with Crippen molar-refractivity contribution in [3.8, 4) is 6.07 Å². The predicted molar refractivity (Wildman–Crippen MR) is 67.9 cm³/mol. The minimum atomic E-state index is 0.131. The number of carbonyl (C=O) groups is 1. The maximum Gasteiger partial charge on any atom is 0.263 e. The molecule has 0 spiro atoms. The number of piperidine rings is 1. The number of thiophene rings is 1. The summed E-state index contributed by atoms with van der Waals surface area (Å²) in [5.41, 5.74) is 0. The number of likely N-dealkylation sites (tertiary alicyclic amines) is 1. The van der Waals surface area contributed by atoms with Crippen molar-refractivity contribution in [2.75, 3.05) is 13.1 Å². The molecule has 90 valence electrons. The van der Waals surface area contributed by atoms with Crippen molar-refractivity contribution < 1.29 is 4.79 Å². The van der Waals surface area contributed by atoms with Crippen molar-refractivity contribution in [2.24, 2.45) is 5.92 Å². The highest BCUT2D eigenvalue weighted by Gasteiger charge is 2.24. The van der Waals surface area contributed by atoms with Gasteiger partial charge in [-0.25, -0.2) is 0 Å². The fourth-order valence-corrected chi connectivity index (χ4v) is 2.97. The van der Waals surface area contributed by atoms with Gasteiger partial charge in [0, 0.05) is 23.9 Å². The average Bonchev–Trinajstić information content (AvgIpc) is 2.87. The Morgan fingerprint density at radius 2 is 2.24 bits per heavy atom. The maximum absolute atomic E-state index is 12.2. The number of nitrogens with zero attached hydrogens (tertiary/aromatic N) is 2. The van der Waals surface area contributed by atoms with Gasteiger partial charge in [-0.15, -0.1) is 11.3 Å². The largest absolute Gasteiger partial charge is 0.338 e. The zero-order chi connectivity index (χ0) is 12.3. The van der Waals surface area contributed by atoms with Gasteiger partial charge in [0.25, 0.3) is 5.91 Å². The van der Waals surface area contributed by atoms with Gasteiger partial charge in [-0.2, -0.15) is 5.26 Å². The fraction of sp³-hybridized carbons (Fsp3) is 0.538. The maximum atomic E-state index is 12.2.